The van der Waals surface area contributed by atoms with Gasteiger partial charge < -0.3 is 14.8 Å². The fourth-order valence-electron chi connectivity index (χ4n) is 5.25. The maximum absolute atomic E-state index is 3.57. The van der Waals surface area contributed by atoms with Gasteiger partial charge in [0.15, 0.2) is 0 Å². The van der Waals surface area contributed by atoms with E-state index in [2.05, 4.69) is 69.4 Å². The molecule has 0 saturated carbocycles. The van der Waals surface area contributed by atoms with Gasteiger partial charge in [-0.25, -0.2) is 0 Å². The molecule has 3 nitrogen and oxygen atoms in total. The normalized spacial score (nSPS) is 18.4. The molecule has 0 bridgehead atoms. The maximum Gasteiger partial charge on any atom is 0.0485 e. The third-order valence-electron chi connectivity index (χ3n) is 6.75. The van der Waals surface area contributed by atoms with Crippen LogP contribution in [0.2, 0.25) is 0 Å². The second-order valence-electron chi connectivity index (χ2n) is 8.40. The highest BCUT2D eigenvalue weighted by atomic mass is 15.1. The molecule has 0 atom stereocenters. The Balaban J connectivity index is 1.20. The van der Waals surface area contributed by atoms with Gasteiger partial charge in [0.05, 0.1) is 0 Å². The molecule has 3 aromatic rings. The molecule has 28 heavy (non-hydrogen) atoms. The van der Waals surface area contributed by atoms with Crippen molar-refractivity contribution in [1.29, 1.82) is 0 Å². The lowest BCUT2D eigenvalue weighted by molar-refractivity contribution is 0.207. The summed E-state index contributed by atoms with van der Waals surface area (Å²) in [4.78, 5) is 2.68. The van der Waals surface area contributed by atoms with Crippen LogP contribution < -0.4 is 5.32 Å². The van der Waals surface area contributed by atoms with Gasteiger partial charge in [-0.3, -0.25) is 0 Å². The van der Waals surface area contributed by atoms with E-state index < -0.39 is 0 Å². The molecule has 5 rings (SSSR count). The molecule has 3 heteroatoms. The van der Waals surface area contributed by atoms with E-state index in [1.165, 1.54) is 61.1 Å². The average molecular weight is 374 g/mol. The van der Waals surface area contributed by atoms with Crippen LogP contribution in [0, 0.1) is 0 Å². The smallest absolute Gasteiger partial charge is 0.0485 e. The zero-order valence-electron chi connectivity index (χ0n) is 16.7. The van der Waals surface area contributed by atoms with Crippen LogP contribution in [0.1, 0.15) is 42.0 Å². The van der Waals surface area contributed by atoms with Gasteiger partial charge in [0.25, 0.3) is 0 Å². The van der Waals surface area contributed by atoms with Crippen molar-refractivity contribution in [3.63, 3.8) is 0 Å². The quantitative estimate of drug-likeness (QED) is 0.708. The minimum Gasteiger partial charge on any atom is -0.343 e. The Morgan fingerprint density at radius 2 is 1.68 bits per heavy atom. The number of aryl methyl sites for hydroxylation is 1. The second kappa shape index (κ2) is 8.10. The van der Waals surface area contributed by atoms with Crippen molar-refractivity contribution in [2.24, 2.45) is 0 Å². The monoisotopic (exact) mass is 373 g/mol. The molecule has 1 saturated heterocycles. The first-order valence-electron chi connectivity index (χ1n) is 11.0. The molecular weight excluding hydrogens is 342 g/mol. The summed E-state index contributed by atoms with van der Waals surface area (Å²) in [5.74, 6) is 0.754. The molecule has 0 unspecified atom stereocenters. The van der Waals surface area contributed by atoms with Crippen molar-refractivity contribution in [3.05, 3.63) is 71.4 Å². The minimum absolute atomic E-state index is 0.754. The van der Waals surface area contributed by atoms with Crippen LogP contribution in [0.15, 0.2) is 54.6 Å². The first kappa shape index (κ1) is 18.0. The number of nitrogens with zero attached hydrogens (tertiary/aromatic N) is 2. The summed E-state index contributed by atoms with van der Waals surface area (Å²) in [6.07, 6.45) is 5.00. The summed E-state index contributed by atoms with van der Waals surface area (Å²) in [5, 5.41) is 5.05. The number of hydrogen-bond donors (Lipinski definition) is 1. The lowest BCUT2D eigenvalue weighted by Gasteiger charge is -2.32. The van der Waals surface area contributed by atoms with E-state index in [0.717, 1.165) is 32.0 Å². The molecular formula is C25H31N3. The predicted molar refractivity (Wildman–Crippen MR) is 117 cm³/mol. The largest absolute Gasteiger partial charge is 0.343 e. The molecule has 0 radical (unpaired) electrons. The number of rotatable bonds is 5. The van der Waals surface area contributed by atoms with Crippen molar-refractivity contribution in [2.45, 2.75) is 44.7 Å². The Labute approximate surface area is 168 Å². The Morgan fingerprint density at radius 1 is 0.893 bits per heavy atom. The molecule has 2 aliphatic rings. The van der Waals surface area contributed by atoms with E-state index in [9.17, 15) is 0 Å². The summed E-state index contributed by atoms with van der Waals surface area (Å²) in [5.41, 5.74) is 6.06. The van der Waals surface area contributed by atoms with Gasteiger partial charge in [-0.15, -0.1) is 0 Å². The van der Waals surface area contributed by atoms with E-state index in [4.69, 9.17) is 0 Å². The third-order valence-corrected chi connectivity index (χ3v) is 6.75. The maximum atomic E-state index is 3.57. The first-order chi connectivity index (χ1) is 13.9. The summed E-state index contributed by atoms with van der Waals surface area (Å²) in [6, 6.07) is 20.1. The van der Waals surface area contributed by atoms with Gasteiger partial charge in [-0.05, 0) is 75.0 Å². The molecule has 2 aromatic carbocycles. The average Bonchev–Trinajstić information content (AvgIpc) is 3.09. The highest BCUT2D eigenvalue weighted by Crippen LogP contribution is 2.30. The van der Waals surface area contributed by atoms with Gasteiger partial charge in [0.1, 0.15) is 0 Å². The number of fused-ring (bicyclic) bond motifs is 3. The highest BCUT2D eigenvalue weighted by Gasteiger charge is 2.21. The highest BCUT2D eigenvalue weighted by molar-refractivity contribution is 5.85. The Morgan fingerprint density at radius 3 is 2.54 bits per heavy atom. The van der Waals surface area contributed by atoms with Crippen LogP contribution >= 0.6 is 0 Å². The van der Waals surface area contributed by atoms with Gasteiger partial charge in [0, 0.05) is 29.7 Å². The van der Waals surface area contributed by atoms with E-state index in [-0.39, 0.29) is 0 Å². The van der Waals surface area contributed by atoms with Crippen LogP contribution in [0.25, 0.3) is 10.9 Å². The van der Waals surface area contributed by atoms with Crippen LogP contribution in [0.4, 0.5) is 0 Å². The molecule has 2 aliphatic heterocycles. The number of aromatic nitrogens is 1. The fourth-order valence-corrected chi connectivity index (χ4v) is 5.25. The molecule has 3 heterocycles. The van der Waals surface area contributed by atoms with Crippen LogP contribution in [-0.4, -0.2) is 35.6 Å². The Bertz CT molecular complexity index is 920. The second-order valence-corrected chi connectivity index (χ2v) is 8.40. The number of likely N-dealkylation sites (tertiary alicyclic amines) is 1. The third kappa shape index (κ3) is 3.49. The zero-order valence-corrected chi connectivity index (χ0v) is 16.7. The summed E-state index contributed by atoms with van der Waals surface area (Å²) in [7, 11) is 0. The molecule has 1 N–H and O–H groups in total. The van der Waals surface area contributed by atoms with Crippen molar-refractivity contribution < 1.29 is 0 Å². The number of para-hydroxylation sites is 1. The lowest BCUT2D eigenvalue weighted by atomic mass is 9.89. The summed E-state index contributed by atoms with van der Waals surface area (Å²) >= 11 is 0. The van der Waals surface area contributed by atoms with Gasteiger partial charge in [-0.1, -0.05) is 48.5 Å². The Hall–Kier alpha value is -2.10. The van der Waals surface area contributed by atoms with E-state index in [1.807, 2.05) is 0 Å². The number of hydrogen-bond acceptors (Lipinski definition) is 2. The van der Waals surface area contributed by atoms with Crippen molar-refractivity contribution in [1.82, 2.24) is 14.8 Å². The SMILES string of the molecule is c1ccc(C2CCN(CCCn3c4c(c5ccccc53)CCNC4)CC2)cc1. The first-order valence-corrected chi connectivity index (χ1v) is 11.0. The zero-order chi connectivity index (χ0) is 18.8. The van der Waals surface area contributed by atoms with Crippen LogP contribution in [-0.2, 0) is 19.5 Å². The van der Waals surface area contributed by atoms with Gasteiger partial charge in [-0.2, -0.15) is 0 Å². The fraction of sp³-hybridized carbons (Fsp3) is 0.440. The number of benzene rings is 2. The molecule has 146 valence electrons. The number of piperidine rings is 1. The minimum atomic E-state index is 0.754. The summed E-state index contributed by atoms with van der Waals surface area (Å²) in [6.45, 7) is 6.97. The van der Waals surface area contributed by atoms with E-state index in [0.29, 0.717) is 0 Å². The molecule has 0 spiro atoms. The van der Waals surface area contributed by atoms with E-state index >= 15 is 0 Å². The summed E-state index contributed by atoms with van der Waals surface area (Å²) < 4.78 is 2.59. The van der Waals surface area contributed by atoms with Gasteiger partial charge >= 0.3 is 0 Å². The Kier molecular flexibility index (Phi) is 5.20. The topological polar surface area (TPSA) is 20.2 Å². The van der Waals surface area contributed by atoms with Crippen LogP contribution in [0.3, 0.4) is 0 Å². The number of nitrogens with one attached hydrogen (secondary N) is 1. The molecule has 0 aliphatic carbocycles. The standard InChI is InChI=1S/C25H31N3/c1-2-7-20(8-3-1)21-12-17-27(18-13-21)15-6-16-28-24-10-5-4-9-22(24)23-11-14-26-19-25(23)28/h1-5,7-10,21,26H,6,11-19H2. The van der Waals surface area contributed by atoms with Crippen molar-refractivity contribution in [3.8, 4) is 0 Å². The lowest BCUT2D eigenvalue weighted by Crippen LogP contribution is -2.34. The van der Waals surface area contributed by atoms with E-state index in [1.54, 1.807) is 5.56 Å². The van der Waals surface area contributed by atoms with Crippen molar-refractivity contribution in [2.75, 3.05) is 26.2 Å². The van der Waals surface area contributed by atoms with Crippen LogP contribution in [0.5, 0.6) is 0 Å². The predicted octanol–water partition coefficient (Wildman–Crippen LogP) is 4.56. The van der Waals surface area contributed by atoms with Gasteiger partial charge in [0.2, 0.25) is 0 Å². The molecule has 1 aromatic heterocycles. The van der Waals surface area contributed by atoms with Crippen molar-refractivity contribution >= 4 is 10.9 Å². The molecule has 0 amide bonds. The molecule has 1 fully saturated rings.